The second-order valence-electron chi connectivity index (χ2n) is 5.05. The minimum Gasteiger partial charge on any atom is -0.451 e. The Morgan fingerprint density at radius 1 is 1.13 bits per heavy atom. The first kappa shape index (κ1) is 15.6. The highest BCUT2D eigenvalue weighted by Gasteiger charge is 2.14. The number of anilines is 1. The van der Waals surface area contributed by atoms with Crippen molar-refractivity contribution in [1.82, 2.24) is 0 Å². The van der Waals surface area contributed by atoms with E-state index in [9.17, 15) is 13.2 Å². The van der Waals surface area contributed by atoms with Crippen LogP contribution in [0.2, 0.25) is 5.02 Å². The van der Waals surface area contributed by atoms with Gasteiger partial charge in [-0.3, -0.25) is 4.79 Å². The van der Waals surface area contributed by atoms with Crippen LogP contribution in [0, 0.1) is 0 Å². The molecule has 3 rings (SSSR count). The van der Waals surface area contributed by atoms with Crippen LogP contribution >= 0.6 is 11.6 Å². The molecule has 0 unspecified atom stereocenters. The fraction of sp³-hybridized carbons (Fsp3) is 0.0625. The van der Waals surface area contributed by atoms with Gasteiger partial charge in [0, 0.05) is 22.4 Å². The van der Waals surface area contributed by atoms with Gasteiger partial charge in [-0.15, -0.1) is 0 Å². The monoisotopic (exact) mass is 349 g/mol. The number of fused-ring (bicyclic) bond motifs is 1. The summed E-state index contributed by atoms with van der Waals surface area (Å²) in [5.41, 5.74) is 0.917. The molecule has 3 aromatic rings. The van der Waals surface area contributed by atoms with Crippen molar-refractivity contribution >= 4 is 44.0 Å². The van der Waals surface area contributed by atoms with Crippen LogP contribution in [0.1, 0.15) is 10.6 Å². The third kappa shape index (κ3) is 3.38. The summed E-state index contributed by atoms with van der Waals surface area (Å²) in [5.74, 6) is -0.352. The summed E-state index contributed by atoms with van der Waals surface area (Å²) in [6, 6.07) is 12.7. The first-order valence-corrected chi connectivity index (χ1v) is 8.90. The van der Waals surface area contributed by atoms with Crippen molar-refractivity contribution in [2.24, 2.45) is 0 Å². The van der Waals surface area contributed by atoms with Crippen molar-refractivity contribution in [3.63, 3.8) is 0 Å². The first-order valence-electron chi connectivity index (χ1n) is 6.63. The molecule has 0 spiro atoms. The van der Waals surface area contributed by atoms with Crippen molar-refractivity contribution < 1.29 is 17.6 Å². The van der Waals surface area contributed by atoms with Crippen molar-refractivity contribution in [3.05, 3.63) is 59.3 Å². The standard InChI is InChI=1S/C16H12ClNO4S/c1-23(20,21)13-4-2-3-12(9-13)18-16(19)15-8-10-7-11(17)5-6-14(10)22-15/h2-9H,1H3,(H,18,19). The van der Waals surface area contributed by atoms with Crippen LogP contribution < -0.4 is 5.32 Å². The molecule has 0 fully saturated rings. The topological polar surface area (TPSA) is 76.4 Å². The molecule has 0 aliphatic carbocycles. The zero-order chi connectivity index (χ0) is 16.6. The van der Waals surface area contributed by atoms with E-state index in [0.29, 0.717) is 21.7 Å². The lowest BCUT2D eigenvalue weighted by Crippen LogP contribution is -2.11. The molecule has 1 N–H and O–H groups in total. The number of sulfone groups is 1. The van der Waals surface area contributed by atoms with Crippen molar-refractivity contribution in [1.29, 1.82) is 0 Å². The van der Waals surface area contributed by atoms with Gasteiger partial charge < -0.3 is 9.73 Å². The second-order valence-corrected chi connectivity index (χ2v) is 7.50. The predicted molar refractivity (Wildman–Crippen MR) is 88.7 cm³/mol. The quantitative estimate of drug-likeness (QED) is 0.781. The van der Waals surface area contributed by atoms with Gasteiger partial charge in [0.25, 0.3) is 5.91 Å². The molecule has 0 atom stereocenters. The summed E-state index contributed by atoms with van der Waals surface area (Å²) in [6.45, 7) is 0. The van der Waals surface area contributed by atoms with E-state index in [0.717, 1.165) is 6.26 Å². The minimum atomic E-state index is -3.34. The van der Waals surface area contributed by atoms with E-state index >= 15 is 0 Å². The molecular weight excluding hydrogens is 338 g/mol. The van der Waals surface area contributed by atoms with Gasteiger partial charge in [0.15, 0.2) is 15.6 Å². The molecule has 23 heavy (non-hydrogen) atoms. The Bertz CT molecular complexity index is 1010. The SMILES string of the molecule is CS(=O)(=O)c1cccc(NC(=O)c2cc3cc(Cl)ccc3o2)c1. The van der Waals surface area contributed by atoms with Gasteiger partial charge >= 0.3 is 0 Å². The second kappa shape index (κ2) is 5.72. The van der Waals surface area contributed by atoms with E-state index in [4.69, 9.17) is 16.0 Å². The molecule has 0 bridgehead atoms. The summed E-state index contributed by atoms with van der Waals surface area (Å²) >= 11 is 5.90. The number of carbonyl (C=O) groups is 1. The lowest BCUT2D eigenvalue weighted by atomic mass is 10.2. The molecule has 0 aliphatic rings. The van der Waals surface area contributed by atoms with Crippen LogP contribution in [-0.2, 0) is 9.84 Å². The van der Waals surface area contributed by atoms with Crippen LogP contribution in [-0.4, -0.2) is 20.6 Å². The third-order valence-corrected chi connectivity index (χ3v) is 4.57. The Kier molecular flexibility index (Phi) is 3.87. The van der Waals surface area contributed by atoms with Crippen molar-refractivity contribution in [2.75, 3.05) is 11.6 Å². The number of amides is 1. The number of furan rings is 1. The van der Waals surface area contributed by atoms with E-state index < -0.39 is 15.7 Å². The largest absolute Gasteiger partial charge is 0.451 e. The van der Waals surface area contributed by atoms with Gasteiger partial charge in [0.05, 0.1) is 4.90 Å². The van der Waals surface area contributed by atoms with Crippen LogP contribution in [0.15, 0.2) is 57.8 Å². The molecule has 1 amide bonds. The number of hydrogen-bond donors (Lipinski definition) is 1. The number of halogens is 1. The van der Waals surface area contributed by atoms with Gasteiger partial charge in [-0.1, -0.05) is 17.7 Å². The Morgan fingerprint density at radius 3 is 2.65 bits per heavy atom. The summed E-state index contributed by atoms with van der Waals surface area (Å²) in [5, 5.41) is 3.88. The smallest absolute Gasteiger partial charge is 0.291 e. The molecule has 0 radical (unpaired) electrons. The van der Waals surface area contributed by atoms with Crippen molar-refractivity contribution in [2.45, 2.75) is 4.90 Å². The van der Waals surface area contributed by atoms with Crippen LogP contribution in [0.3, 0.4) is 0 Å². The number of benzene rings is 2. The lowest BCUT2D eigenvalue weighted by molar-refractivity contribution is 0.0998. The third-order valence-electron chi connectivity index (χ3n) is 3.22. The van der Waals surface area contributed by atoms with E-state index in [1.807, 2.05) is 0 Å². The maximum absolute atomic E-state index is 12.2. The highest BCUT2D eigenvalue weighted by atomic mass is 35.5. The van der Waals surface area contributed by atoms with E-state index in [1.165, 1.54) is 12.1 Å². The van der Waals surface area contributed by atoms with Gasteiger partial charge in [0.1, 0.15) is 5.58 Å². The molecule has 0 saturated carbocycles. The maximum atomic E-state index is 12.2. The van der Waals surface area contributed by atoms with E-state index in [1.54, 1.807) is 36.4 Å². The zero-order valence-electron chi connectivity index (χ0n) is 12.0. The average Bonchev–Trinajstić information content (AvgIpc) is 2.90. The Morgan fingerprint density at radius 2 is 1.91 bits per heavy atom. The maximum Gasteiger partial charge on any atom is 0.291 e. The van der Waals surface area contributed by atoms with Gasteiger partial charge in [0.2, 0.25) is 0 Å². The van der Waals surface area contributed by atoms with Gasteiger partial charge in [-0.2, -0.15) is 0 Å². The Hall–Kier alpha value is -2.31. The molecule has 1 heterocycles. The molecule has 1 aromatic heterocycles. The predicted octanol–water partition coefficient (Wildman–Crippen LogP) is 3.74. The summed E-state index contributed by atoms with van der Waals surface area (Å²) < 4.78 is 28.6. The number of hydrogen-bond acceptors (Lipinski definition) is 4. The fourth-order valence-corrected chi connectivity index (χ4v) is 2.97. The highest BCUT2D eigenvalue weighted by molar-refractivity contribution is 7.90. The number of nitrogens with one attached hydrogen (secondary N) is 1. The van der Waals surface area contributed by atoms with Gasteiger partial charge in [-0.05, 0) is 42.5 Å². The molecule has 5 nitrogen and oxygen atoms in total. The Balaban J connectivity index is 1.88. The van der Waals surface area contributed by atoms with Gasteiger partial charge in [-0.25, -0.2) is 8.42 Å². The fourth-order valence-electron chi connectivity index (χ4n) is 2.12. The summed E-state index contributed by atoms with van der Waals surface area (Å²) in [7, 11) is -3.34. The zero-order valence-corrected chi connectivity index (χ0v) is 13.6. The molecule has 7 heteroatoms. The van der Waals surface area contributed by atoms with E-state index in [-0.39, 0.29) is 10.7 Å². The van der Waals surface area contributed by atoms with Crippen molar-refractivity contribution in [3.8, 4) is 0 Å². The van der Waals surface area contributed by atoms with E-state index in [2.05, 4.69) is 5.32 Å². The summed E-state index contributed by atoms with van der Waals surface area (Å²) in [4.78, 5) is 12.4. The highest BCUT2D eigenvalue weighted by Crippen LogP contribution is 2.24. The normalized spacial score (nSPS) is 11.6. The molecule has 2 aromatic carbocycles. The first-order chi connectivity index (χ1) is 10.8. The van der Waals surface area contributed by atoms with Crippen LogP contribution in [0.5, 0.6) is 0 Å². The molecule has 118 valence electrons. The average molecular weight is 350 g/mol. The van der Waals surface area contributed by atoms with Crippen LogP contribution in [0.4, 0.5) is 5.69 Å². The molecular formula is C16H12ClNO4S. The summed E-state index contributed by atoms with van der Waals surface area (Å²) in [6.07, 6.45) is 1.11. The minimum absolute atomic E-state index is 0.118. The molecule has 0 aliphatic heterocycles. The van der Waals surface area contributed by atoms with Crippen LogP contribution in [0.25, 0.3) is 11.0 Å². The number of rotatable bonds is 3. The number of carbonyl (C=O) groups excluding carboxylic acids is 1. The Labute approximate surface area is 137 Å². The molecule has 0 saturated heterocycles. The lowest BCUT2D eigenvalue weighted by Gasteiger charge is -2.05.